The summed E-state index contributed by atoms with van der Waals surface area (Å²) in [6, 6.07) is 4.02. The Hall–Kier alpha value is -1.84. The molecule has 2 rings (SSSR count). The van der Waals surface area contributed by atoms with E-state index in [-0.39, 0.29) is 5.56 Å². The number of carboxylic acids is 1. The molecule has 0 unspecified atom stereocenters. The van der Waals surface area contributed by atoms with E-state index in [1.807, 2.05) is 11.0 Å². The van der Waals surface area contributed by atoms with Gasteiger partial charge in [-0.15, -0.1) is 0 Å². The van der Waals surface area contributed by atoms with Crippen molar-refractivity contribution in [2.45, 2.75) is 6.42 Å². The predicted octanol–water partition coefficient (Wildman–Crippen LogP) is 2.29. The largest absolute Gasteiger partial charge is 0.478 e. The zero-order chi connectivity index (χ0) is 11.5. The minimum atomic E-state index is -1.11. The first-order valence-electron chi connectivity index (χ1n) is 5.11. The van der Waals surface area contributed by atoms with Crippen molar-refractivity contribution in [3.8, 4) is 0 Å². The summed E-state index contributed by atoms with van der Waals surface area (Å²) in [7, 11) is 0. The van der Waals surface area contributed by atoms with Gasteiger partial charge in [0, 0.05) is 13.1 Å². The first kappa shape index (κ1) is 10.7. The molecule has 1 heterocycles. The van der Waals surface area contributed by atoms with Crippen LogP contribution in [0.4, 0.5) is 10.1 Å². The van der Waals surface area contributed by atoms with E-state index in [0.29, 0.717) is 12.2 Å². The number of hydrogen-bond donors (Lipinski definition) is 1. The molecule has 0 saturated heterocycles. The van der Waals surface area contributed by atoms with Crippen LogP contribution in [0.15, 0.2) is 30.4 Å². The van der Waals surface area contributed by atoms with Gasteiger partial charge in [0.2, 0.25) is 0 Å². The van der Waals surface area contributed by atoms with Crippen LogP contribution < -0.4 is 4.90 Å². The SMILES string of the molecule is O=C(O)c1ccc(N2CC=CCC2)c(F)c1. The van der Waals surface area contributed by atoms with Crippen molar-refractivity contribution in [1.29, 1.82) is 0 Å². The second-order valence-electron chi connectivity index (χ2n) is 3.68. The van der Waals surface area contributed by atoms with Crippen molar-refractivity contribution < 1.29 is 14.3 Å². The van der Waals surface area contributed by atoms with Crippen LogP contribution >= 0.6 is 0 Å². The third-order valence-electron chi connectivity index (χ3n) is 2.59. The summed E-state index contributed by atoms with van der Waals surface area (Å²) in [6.07, 6.45) is 4.92. The lowest BCUT2D eigenvalue weighted by molar-refractivity contribution is 0.0696. The number of carbonyl (C=O) groups is 1. The van der Waals surface area contributed by atoms with Crippen molar-refractivity contribution in [2.24, 2.45) is 0 Å². The molecule has 84 valence electrons. The van der Waals surface area contributed by atoms with Crippen molar-refractivity contribution in [3.63, 3.8) is 0 Å². The average Bonchev–Trinajstić information content (AvgIpc) is 2.30. The number of halogens is 1. The zero-order valence-corrected chi connectivity index (χ0v) is 8.69. The monoisotopic (exact) mass is 221 g/mol. The van der Waals surface area contributed by atoms with Crippen molar-refractivity contribution in [3.05, 3.63) is 41.7 Å². The van der Waals surface area contributed by atoms with E-state index in [9.17, 15) is 9.18 Å². The molecule has 1 aromatic rings. The number of aromatic carboxylic acids is 1. The minimum Gasteiger partial charge on any atom is -0.478 e. The van der Waals surface area contributed by atoms with Crippen LogP contribution in [-0.2, 0) is 0 Å². The Balaban J connectivity index is 2.28. The molecule has 0 saturated carbocycles. The van der Waals surface area contributed by atoms with Crippen LogP contribution in [0.5, 0.6) is 0 Å². The van der Waals surface area contributed by atoms with Gasteiger partial charge in [-0.3, -0.25) is 0 Å². The van der Waals surface area contributed by atoms with Gasteiger partial charge in [0.25, 0.3) is 0 Å². The quantitative estimate of drug-likeness (QED) is 0.779. The Morgan fingerprint density at radius 2 is 2.19 bits per heavy atom. The highest BCUT2D eigenvalue weighted by Crippen LogP contribution is 2.22. The van der Waals surface area contributed by atoms with Gasteiger partial charge in [-0.25, -0.2) is 9.18 Å². The third-order valence-corrected chi connectivity index (χ3v) is 2.59. The molecule has 1 aliphatic heterocycles. The van der Waals surface area contributed by atoms with E-state index in [1.165, 1.54) is 12.1 Å². The zero-order valence-electron chi connectivity index (χ0n) is 8.69. The Morgan fingerprint density at radius 3 is 2.75 bits per heavy atom. The molecule has 0 bridgehead atoms. The molecule has 1 aromatic carbocycles. The summed E-state index contributed by atoms with van der Waals surface area (Å²) in [5, 5.41) is 8.72. The van der Waals surface area contributed by atoms with Gasteiger partial charge in [-0.1, -0.05) is 12.2 Å². The molecule has 0 aliphatic carbocycles. The van der Waals surface area contributed by atoms with Crippen molar-refractivity contribution in [2.75, 3.05) is 18.0 Å². The third kappa shape index (κ3) is 2.05. The van der Waals surface area contributed by atoms with Gasteiger partial charge in [0.05, 0.1) is 11.3 Å². The van der Waals surface area contributed by atoms with E-state index in [1.54, 1.807) is 0 Å². The fourth-order valence-corrected chi connectivity index (χ4v) is 1.76. The van der Waals surface area contributed by atoms with Crippen LogP contribution in [0.2, 0.25) is 0 Å². The molecule has 0 spiro atoms. The summed E-state index contributed by atoms with van der Waals surface area (Å²) in [6.45, 7) is 1.43. The topological polar surface area (TPSA) is 40.5 Å². The summed E-state index contributed by atoms with van der Waals surface area (Å²) < 4.78 is 13.7. The minimum absolute atomic E-state index is 0.0196. The number of nitrogens with zero attached hydrogens (tertiary/aromatic N) is 1. The van der Waals surface area contributed by atoms with Crippen LogP contribution in [0.25, 0.3) is 0 Å². The Kier molecular flexibility index (Phi) is 2.90. The Bertz CT molecular complexity index is 443. The molecule has 0 aromatic heterocycles. The summed E-state index contributed by atoms with van der Waals surface area (Å²) in [5.74, 6) is -1.58. The molecule has 3 nitrogen and oxygen atoms in total. The fourth-order valence-electron chi connectivity index (χ4n) is 1.76. The summed E-state index contributed by atoms with van der Waals surface area (Å²) in [4.78, 5) is 12.5. The lowest BCUT2D eigenvalue weighted by Crippen LogP contribution is -2.27. The van der Waals surface area contributed by atoms with Gasteiger partial charge >= 0.3 is 5.97 Å². The number of benzene rings is 1. The van der Waals surface area contributed by atoms with E-state index in [4.69, 9.17) is 5.11 Å². The normalized spacial score (nSPS) is 15.2. The van der Waals surface area contributed by atoms with Crippen molar-refractivity contribution in [1.82, 2.24) is 0 Å². The maximum atomic E-state index is 13.7. The van der Waals surface area contributed by atoms with Crippen LogP contribution in [0, 0.1) is 5.82 Å². The summed E-state index contributed by atoms with van der Waals surface area (Å²) in [5.41, 5.74) is 0.447. The first-order chi connectivity index (χ1) is 7.68. The molecule has 0 radical (unpaired) electrons. The molecule has 16 heavy (non-hydrogen) atoms. The molecular weight excluding hydrogens is 209 g/mol. The standard InChI is InChI=1S/C12H12FNO2/c13-10-8-9(12(15)16)4-5-11(10)14-6-2-1-3-7-14/h1-2,4-5,8H,3,6-7H2,(H,15,16). The molecular formula is C12H12FNO2. The van der Waals surface area contributed by atoms with E-state index < -0.39 is 11.8 Å². The predicted molar refractivity (Wildman–Crippen MR) is 59.3 cm³/mol. The molecule has 1 aliphatic rings. The fraction of sp³-hybridized carbons (Fsp3) is 0.250. The number of hydrogen-bond acceptors (Lipinski definition) is 2. The Labute approximate surface area is 92.8 Å². The number of anilines is 1. The highest BCUT2D eigenvalue weighted by Gasteiger charge is 2.14. The summed E-state index contributed by atoms with van der Waals surface area (Å²) >= 11 is 0. The number of rotatable bonds is 2. The van der Waals surface area contributed by atoms with Gasteiger partial charge < -0.3 is 10.0 Å². The molecule has 1 N–H and O–H groups in total. The maximum Gasteiger partial charge on any atom is 0.335 e. The van der Waals surface area contributed by atoms with Crippen LogP contribution in [-0.4, -0.2) is 24.2 Å². The smallest absolute Gasteiger partial charge is 0.335 e. The first-order valence-corrected chi connectivity index (χ1v) is 5.11. The van der Waals surface area contributed by atoms with Gasteiger partial charge in [-0.2, -0.15) is 0 Å². The van der Waals surface area contributed by atoms with Crippen LogP contribution in [0.3, 0.4) is 0 Å². The second-order valence-corrected chi connectivity index (χ2v) is 3.68. The van der Waals surface area contributed by atoms with Crippen molar-refractivity contribution >= 4 is 11.7 Å². The van der Waals surface area contributed by atoms with Gasteiger partial charge in [0.1, 0.15) is 5.82 Å². The highest BCUT2D eigenvalue weighted by atomic mass is 19.1. The van der Waals surface area contributed by atoms with E-state index >= 15 is 0 Å². The Morgan fingerprint density at radius 1 is 1.38 bits per heavy atom. The number of carboxylic acid groups (broad SMARTS) is 1. The molecule has 4 heteroatoms. The highest BCUT2D eigenvalue weighted by molar-refractivity contribution is 5.88. The lowest BCUT2D eigenvalue weighted by Gasteiger charge is -2.26. The lowest BCUT2D eigenvalue weighted by atomic mass is 10.1. The molecule has 0 atom stereocenters. The van der Waals surface area contributed by atoms with Gasteiger partial charge in [0.15, 0.2) is 0 Å². The molecule has 0 fully saturated rings. The van der Waals surface area contributed by atoms with E-state index in [0.717, 1.165) is 19.0 Å². The average molecular weight is 221 g/mol. The molecule has 0 amide bonds. The van der Waals surface area contributed by atoms with Crippen LogP contribution in [0.1, 0.15) is 16.8 Å². The maximum absolute atomic E-state index is 13.7. The van der Waals surface area contributed by atoms with Gasteiger partial charge in [-0.05, 0) is 24.6 Å². The van der Waals surface area contributed by atoms with E-state index in [2.05, 4.69) is 6.08 Å². The second kappa shape index (κ2) is 4.35.